The van der Waals surface area contributed by atoms with Crippen molar-refractivity contribution in [2.75, 3.05) is 6.61 Å². The summed E-state index contributed by atoms with van der Waals surface area (Å²) in [5.74, 6) is 0.793. The van der Waals surface area contributed by atoms with Crippen molar-refractivity contribution in [1.29, 1.82) is 0 Å². The summed E-state index contributed by atoms with van der Waals surface area (Å²) < 4.78 is 5.38. The lowest BCUT2D eigenvalue weighted by Gasteiger charge is -2.17. The number of carbonyl (C=O) groups excluding carboxylic acids is 1. The van der Waals surface area contributed by atoms with Crippen LogP contribution in [0.15, 0.2) is 24.3 Å². The summed E-state index contributed by atoms with van der Waals surface area (Å²) in [6, 6.07) is 7.72. The molecule has 4 nitrogen and oxygen atoms in total. The Kier molecular flexibility index (Phi) is 3.57. The number of carbonyl (C=O) groups is 1. The van der Waals surface area contributed by atoms with E-state index < -0.39 is 5.54 Å². The zero-order valence-corrected chi connectivity index (χ0v) is 10.9. The highest BCUT2D eigenvalue weighted by Crippen LogP contribution is 2.33. The van der Waals surface area contributed by atoms with E-state index in [9.17, 15) is 4.79 Å². The zero-order chi connectivity index (χ0) is 13.2. The second kappa shape index (κ2) is 4.98. The molecular formula is C14H20N2O2. The van der Waals surface area contributed by atoms with E-state index in [0.717, 1.165) is 24.2 Å². The molecule has 1 aliphatic carbocycles. The van der Waals surface area contributed by atoms with Crippen LogP contribution >= 0.6 is 0 Å². The third kappa shape index (κ3) is 2.82. The maximum Gasteiger partial charge on any atom is 0.240 e. The molecule has 0 spiro atoms. The van der Waals surface area contributed by atoms with Gasteiger partial charge in [0, 0.05) is 0 Å². The van der Waals surface area contributed by atoms with Gasteiger partial charge in [-0.05, 0) is 44.4 Å². The number of amides is 1. The van der Waals surface area contributed by atoms with Gasteiger partial charge >= 0.3 is 0 Å². The summed E-state index contributed by atoms with van der Waals surface area (Å²) in [6.07, 6.45) is 1.57. The van der Waals surface area contributed by atoms with Gasteiger partial charge in [0.1, 0.15) is 5.75 Å². The van der Waals surface area contributed by atoms with Crippen LogP contribution in [0.5, 0.6) is 5.75 Å². The normalized spacial score (nSPS) is 17.9. The Balaban J connectivity index is 1.95. The van der Waals surface area contributed by atoms with Crippen LogP contribution in [-0.4, -0.2) is 18.1 Å². The van der Waals surface area contributed by atoms with Gasteiger partial charge in [0.15, 0.2) is 0 Å². The fourth-order valence-corrected chi connectivity index (χ4v) is 1.80. The summed E-state index contributed by atoms with van der Waals surface area (Å²) in [5.41, 5.74) is 6.29. The Bertz CT molecular complexity index is 424. The molecule has 1 amide bonds. The van der Waals surface area contributed by atoms with Crippen LogP contribution in [0.4, 0.5) is 0 Å². The van der Waals surface area contributed by atoms with E-state index in [1.54, 1.807) is 0 Å². The van der Waals surface area contributed by atoms with Crippen molar-refractivity contribution in [3.05, 3.63) is 29.8 Å². The molecule has 1 unspecified atom stereocenters. The number of nitrogens with two attached hydrogens (primary N) is 1. The van der Waals surface area contributed by atoms with Crippen LogP contribution in [0.2, 0.25) is 0 Å². The van der Waals surface area contributed by atoms with Crippen molar-refractivity contribution in [1.82, 2.24) is 5.32 Å². The Morgan fingerprint density at radius 3 is 2.56 bits per heavy atom. The molecule has 0 aliphatic heterocycles. The summed E-state index contributed by atoms with van der Waals surface area (Å²) >= 11 is 0. The van der Waals surface area contributed by atoms with Gasteiger partial charge in [0.2, 0.25) is 5.91 Å². The monoisotopic (exact) mass is 248 g/mol. The van der Waals surface area contributed by atoms with E-state index in [4.69, 9.17) is 10.5 Å². The fourth-order valence-electron chi connectivity index (χ4n) is 1.80. The SMILES string of the molecule is CCOc1ccc(C(C)NC(=O)C2(N)CC2)cc1. The van der Waals surface area contributed by atoms with Crippen molar-refractivity contribution in [2.45, 2.75) is 38.3 Å². The Morgan fingerprint density at radius 2 is 2.06 bits per heavy atom. The van der Waals surface area contributed by atoms with Gasteiger partial charge < -0.3 is 15.8 Å². The minimum atomic E-state index is -0.612. The lowest BCUT2D eigenvalue weighted by Crippen LogP contribution is -2.43. The standard InChI is InChI=1S/C14H20N2O2/c1-3-18-12-6-4-11(5-7-12)10(2)16-13(17)14(15)8-9-14/h4-7,10H,3,8-9,15H2,1-2H3,(H,16,17). The number of benzene rings is 1. The highest BCUT2D eigenvalue weighted by Gasteiger charge is 2.46. The summed E-state index contributed by atoms with van der Waals surface area (Å²) in [4.78, 5) is 11.8. The minimum absolute atomic E-state index is 0.0331. The number of hydrogen-bond donors (Lipinski definition) is 2. The Labute approximate surface area is 108 Å². The highest BCUT2D eigenvalue weighted by molar-refractivity contribution is 5.89. The molecule has 0 aromatic heterocycles. The maximum absolute atomic E-state index is 11.8. The van der Waals surface area contributed by atoms with E-state index in [1.165, 1.54) is 0 Å². The lowest BCUT2D eigenvalue weighted by atomic mass is 10.1. The van der Waals surface area contributed by atoms with Crippen molar-refractivity contribution >= 4 is 5.91 Å². The van der Waals surface area contributed by atoms with E-state index >= 15 is 0 Å². The van der Waals surface area contributed by atoms with E-state index in [-0.39, 0.29) is 11.9 Å². The molecule has 1 aromatic carbocycles. The topological polar surface area (TPSA) is 64.3 Å². The van der Waals surface area contributed by atoms with E-state index in [2.05, 4.69) is 5.32 Å². The first-order chi connectivity index (χ1) is 8.55. The van der Waals surface area contributed by atoms with Crippen molar-refractivity contribution in [3.63, 3.8) is 0 Å². The van der Waals surface area contributed by atoms with Crippen molar-refractivity contribution in [2.24, 2.45) is 5.73 Å². The third-order valence-electron chi connectivity index (χ3n) is 3.28. The first-order valence-electron chi connectivity index (χ1n) is 6.38. The second-order valence-corrected chi connectivity index (χ2v) is 4.85. The minimum Gasteiger partial charge on any atom is -0.494 e. The van der Waals surface area contributed by atoms with Gasteiger partial charge in [-0.2, -0.15) is 0 Å². The Hall–Kier alpha value is -1.55. The number of hydrogen-bond acceptors (Lipinski definition) is 3. The molecule has 1 aromatic rings. The number of rotatable bonds is 5. The lowest BCUT2D eigenvalue weighted by molar-refractivity contribution is -0.123. The van der Waals surface area contributed by atoms with Crippen LogP contribution in [-0.2, 0) is 4.79 Å². The van der Waals surface area contributed by atoms with Gasteiger partial charge in [0.25, 0.3) is 0 Å². The van der Waals surface area contributed by atoms with Crippen molar-refractivity contribution in [3.8, 4) is 5.75 Å². The molecule has 18 heavy (non-hydrogen) atoms. The summed E-state index contributed by atoms with van der Waals surface area (Å²) in [7, 11) is 0. The van der Waals surface area contributed by atoms with Crippen LogP contribution in [0, 0.1) is 0 Å². The molecule has 1 atom stereocenters. The zero-order valence-electron chi connectivity index (χ0n) is 10.9. The van der Waals surface area contributed by atoms with Crippen LogP contribution in [0.25, 0.3) is 0 Å². The molecule has 0 radical (unpaired) electrons. The predicted molar refractivity (Wildman–Crippen MR) is 70.3 cm³/mol. The van der Waals surface area contributed by atoms with Gasteiger partial charge in [0.05, 0.1) is 18.2 Å². The van der Waals surface area contributed by atoms with Crippen LogP contribution in [0.1, 0.15) is 38.3 Å². The van der Waals surface area contributed by atoms with Crippen LogP contribution < -0.4 is 15.8 Å². The van der Waals surface area contributed by atoms with E-state index in [1.807, 2.05) is 38.1 Å². The molecule has 1 saturated carbocycles. The molecule has 0 saturated heterocycles. The first kappa shape index (κ1) is 12.9. The van der Waals surface area contributed by atoms with Gasteiger partial charge in [-0.25, -0.2) is 0 Å². The van der Waals surface area contributed by atoms with Gasteiger partial charge in [-0.15, -0.1) is 0 Å². The maximum atomic E-state index is 11.8. The molecule has 4 heteroatoms. The Morgan fingerprint density at radius 1 is 1.44 bits per heavy atom. The molecular weight excluding hydrogens is 228 g/mol. The molecule has 1 fully saturated rings. The molecule has 0 bridgehead atoms. The average molecular weight is 248 g/mol. The number of ether oxygens (including phenoxy) is 1. The fraction of sp³-hybridized carbons (Fsp3) is 0.500. The smallest absolute Gasteiger partial charge is 0.240 e. The van der Waals surface area contributed by atoms with E-state index in [0.29, 0.717) is 6.61 Å². The molecule has 2 rings (SSSR count). The number of nitrogens with one attached hydrogen (secondary N) is 1. The van der Waals surface area contributed by atoms with Gasteiger partial charge in [-0.3, -0.25) is 4.79 Å². The second-order valence-electron chi connectivity index (χ2n) is 4.85. The predicted octanol–water partition coefficient (Wildman–Crippen LogP) is 1.75. The largest absolute Gasteiger partial charge is 0.494 e. The van der Waals surface area contributed by atoms with Crippen LogP contribution in [0.3, 0.4) is 0 Å². The molecule has 1 aliphatic rings. The quantitative estimate of drug-likeness (QED) is 0.834. The third-order valence-corrected chi connectivity index (χ3v) is 3.28. The molecule has 3 N–H and O–H groups in total. The summed E-state index contributed by atoms with van der Waals surface area (Å²) in [5, 5.41) is 2.95. The molecule has 0 heterocycles. The first-order valence-corrected chi connectivity index (χ1v) is 6.38. The molecule has 98 valence electrons. The van der Waals surface area contributed by atoms with Crippen molar-refractivity contribution < 1.29 is 9.53 Å². The summed E-state index contributed by atoms with van der Waals surface area (Å²) in [6.45, 7) is 4.56. The average Bonchev–Trinajstić information content (AvgIpc) is 3.10. The highest BCUT2D eigenvalue weighted by atomic mass is 16.5. The van der Waals surface area contributed by atoms with Gasteiger partial charge in [-0.1, -0.05) is 12.1 Å².